The normalized spacial score (nSPS) is 17.3. The molecule has 2 aliphatic rings. The molecule has 1 aromatic carbocycles. The SMILES string of the molecule is CNC(=O)c1ccc(Nc2ncc3cc(C(=O)N4CCC(C)CC4)n(C4CCCC4)c3n2)cc1. The van der Waals surface area contributed by atoms with Crippen LogP contribution in [0.5, 0.6) is 0 Å². The molecule has 34 heavy (non-hydrogen) atoms. The van der Waals surface area contributed by atoms with Gasteiger partial charge in [-0.25, -0.2) is 4.98 Å². The third-order valence-corrected chi connectivity index (χ3v) is 7.19. The van der Waals surface area contributed by atoms with Crippen LogP contribution in [0.3, 0.4) is 0 Å². The van der Waals surface area contributed by atoms with Gasteiger partial charge in [-0.2, -0.15) is 4.98 Å². The third-order valence-electron chi connectivity index (χ3n) is 7.19. The van der Waals surface area contributed by atoms with Crippen LogP contribution in [0.25, 0.3) is 11.0 Å². The number of hydrogen-bond acceptors (Lipinski definition) is 5. The van der Waals surface area contributed by atoms with Crippen LogP contribution in [0.4, 0.5) is 11.6 Å². The number of nitrogens with one attached hydrogen (secondary N) is 2. The van der Waals surface area contributed by atoms with Crippen molar-refractivity contribution in [1.29, 1.82) is 0 Å². The molecule has 2 N–H and O–H groups in total. The van der Waals surface area contributed by atoms with E-state index in [1.54, 1.807) is 25.4 Å². The largest absolute Gasteiger partial charge is 0.355 e. The Morgan fingerprint density at radius 3 is 2.41 bits per heavy atom. The number of nitrogens with zero attached hydrogens (tertiary/aromatic N) is 4. The van der Waals surface area contributed by atoms with Crippen LogP contribution in [0, 0.1) is 5.92 Å². The molecule has 1 aliphatic carbocycles. The maximum Gasteiger partial charge on any atom is 0.270 e. The summed E-state index contributed by atoms with van der Waals surface area (Å²) in [6.07, 6.45) is 8.39. The van der Waals surface area contributed by atoms with Gasteiger partial charge in [-0.1, -0.05) is 19.8 Å². The average Bonchev–Trinajstić information content (AvgIpc) is 3.51. The molecule has 3 heterocycles. The van der Waals surface area contributed by atoms with Gasteiger partial charge in [0.05, 0.1) is 0 Å². The molecule has 2 amide bonds. The Morgan fingerprint density at radius 1 is 1.03 bits per heavy atom. The lowest BCUT2D eigenvalue weighted by Gasteiger charge is -2.31. The minimum absolute atomic E-state index is 0.107. The summed E-state index contributed by atoms with van der Waals surface area (Å²) in [4.78, 5) is 36.7. The number of benzene rings is 1. The number of carbonyl (C=O) groups excluding carboxylic acids is 2. The molecule has 8 heteroatoms. The first-order valence-corrected chi connectivity index (χ1v) is 12.3. The lowest BCUT2D eigenvalue weighted by atomic mass is 9.99. The summed E-state index contributed by atoms with van der Waals surface area (Å²) < 4.78 is 2.17. The van der Waals surface area contributed by atoms with E-state index in [9.17, 15) is 9.59 Å². The summed E-state index contributed by atoms with van der Waals surface area (Å²) >= 11 is 0. The Balaban J connectivity index is 1.46. The van der Waals surface area contributed by atoms with Crippen LogP contribution in [0.2, 0.25) is 0 Å². The van der Waals surface area contributed by atoms with Crippen LogP contribution < -0.4 is 10.6 Å². The number of amides is 2. The highest BCUT2D eigenvalue weighted by Gasteiger charge is 2.29. The third kappa shape index (κ3) is 4.36. The zero-order valence-electron chi connectivity index (χ0n) is 19.9. The number of carbonyl (C=O) groups is 2. The fraction of sp³-hybridized carbons (Fsp3) is 0.462. The van der Waals surface area contributed by atoms with Gasteiger partial charge in [0.25, 0.3) is 11.8 Å². The molecule has 0 radical (unpaired) electrons. The molecule has 0 spiro atoms. The number of hydrogen-bond donors (Lipinski definition) is 2. The molecule has 0 bridgehead atoms. The molecule has 2 aromatic heterocycles. The molecule has 0 unspecified atom stereocenters. The summed E-state index contributed by atoms with van der Waals surface area (Å²) in [6.45, 7) is 3.89. The first kappa shape index (κ1) is 22.4. The molecule has 3 aromatic rings. The highest BCUT2D eigenvalue weighted by atomic mass is 16.2. The molecule has 0 atom stereocenters. The first-order valence-electron chi connectivity index (χ1n) is 12.3. The Labute approximate surface area is 199 Å². The number of likely N-dealkylation sites (tertiary alicyclic amines) is 1. The second kappa shape index (κ2) is 9.44. The highest BCUT2D eigenvalue weighted by molar-refractivity contribution is 5.98. The van der Waals surface area contributed by atoms with Gasteiger partial charge < -0.3 is 20.1 Å². The number of anilines is 2. The van der Waals surface area contributed by atoms with Crippen molar-refractivity contribution in [3.05, 3.63) is 47.8 Å². The number of fused-ring (bicyclic) bond motifs is 1. The molecule has 2 fully saturated rings. The van der Waals surface area contributed by atoms with Crippen molar-refractivity contribution in [2.24, 2.45) is 5.92 Å². The molecule has 1 saturated heterocycles. The van der Waals surface area contributed by atoms with Gasteiger partial charge in [-0.3, -0.25) is 9.59 Å². The standard InChI is InChI=1S/C26H32N6O2/c1-17-11-13-31(14-12-17)25(34)22-15-19-16-28-26(30-23(19)32(22)21-5-3-4-6-21)29-20-9-7-18(8-10-20)24(33)27-2/h7-10,15-17,21H,3-6,11-14H2,1-2H3,(H,27,33)(H,28,29,30). The van der Waals surface area contributed by atoms with E-state index in [0.29, 0.717) is 17.4 Å². The van der Waals surface area contributed by atoms with Crippen LogP contribution in [0.15, 0.2) is 36.5 Å². The fourth-order valence-electron chi connectivity index (χ4n) is 5.12. The first-order chi connectivity index (χ1) is 16.5. The van der Waals surface area contributed by atoms with Gasteiger partial charge in [0.2, 0.25) is 5.95 Å². The second-order valence-electron chi connectivity index (χ2n) is 9.57. The summed E-state index contributed by atoms with van der Waals surface area (Å²) in [6, 6.07) is 9.44. The van der Waals surface area contributed by atoms with E-state index >= 15 is 0 Å². The van der Waals surface area contributed by atoms with Crippen molar-refractivity contribution in [2.75, 3.05) is 25.5 Å². The predicted octanol–water partition coefficient (Wildman–Crippen LogP) is 4.52. The summed E-state index contributed by atoms with van der Waals surface area (Å²) in [5.74, 6) is 1.13. The molecule has 1 saturated carbocycles. The number of aromatic nitrogens is 3. The van der Waals surface area contributed by atoms with Crippen LogP contribution in [-0.2, 0) is 0 Å². The van der Waals surface area contributed by atoms with E-state index in [0.717, 1.165) is 61.2 Å². The van der Waals surface area contributed by atoms with Crippen molar-refractivity contribution in [3.8, 4) is 0 Å². The minimum atomic E-state index is -0.126. The van der Waals surface area contributed by atoms with Crippen molar-refractivity contribution >= 4 is 34.5 Å². The second-order valence-corrected chi connectivity index (χ2v) is 9.57. The monoisotopic (exact) mass is 460 g/mol. The topological polar surface area (TPSA) is 92.1 Å². The van der Waals surface area contributed by atoms with Gasteiger partial charge in [0.15, 0.2) is 0 Å². The van der Waals surface area contributed by atoms with Crippen molar-refractivity contribution < 1.29 is 9.59 Å². The van der Waals surface area contributed by atoms with E-state index in [-0.39, 0.29) is 17.9 Å². The smallest absolute Gasteiger partial charge is 0.270 e. The van der Waals surface area contributed by atoms with E-state index in [1.807, 2.05) is 23.1 Å². The summed E-state index contributed by atoms with van der Waals surface area (Å²) in [7, 11) is 1.61. The van der Waals surface area contributed by atoms with Crippen LogP contribution in [0.1, 0.15) is 72.3 Å². The lowest BCUT2D eigenvalue weighted by molar-refractivity contribution is 0.0684. The Hall–Kier alpha value is -3.42. The molecule has 178 valence electrons. The Kier molecular flexibility index (Phi) is 6.22. The quantitative estimate of drug-likeness (QED) is 0.584. The molecule has 8 nitrogen and oxygen atoms in total. The average molecular weight is 461 g/mol. The van der Waals surface area contributed by atoms with Gasteiger partial charge >= 0.3 is 0 Å². The molecular weight excluding hydrogens is 428 g/mol. The van der Waals surface area contributed by atoms with Gasteiger partial charge in [0, 0.05) is 49.0 Å². The number of rotatable bonds is 5. The van der Waals surface area contributed by atoms with Crippen molar-refractivity contribution in [3.63, 3.8) is 0 Å². The lowest BCUT2D eigenvalue weighted by Crippen LogP contribution is -2.39. The molecule has 1 aliphatic heterocycles. The highest BCUT2D eigenvalue weighted by Crippen LogP contribution is 2.35. The molecule has 5 rings (SSSR count). The van der Waals surface area contributed by atoms with E-state index in [2.05, 4.69) is 27.1 Å². The summed E-state index contributed by atoms with van der Waals surface area (Å²) in [5.41, 5.74) is 2.93. The van der Waals surface area contributed by atoms with Crippen molar-refractivity contribution in [1.82, 2.24) is 24.8 Å². The number of piperidine rings is 1. The van der Waals surface area contributed by atoms with Gasteiger partial charge in [-0.05, 0) is 61.9 Å². The summed E-state index contributed by atoms with van der Waals surface area (Å²) in [5, 5.41) is 6.75. The molecular formula is C26H32N6O2. The maximum atomic E-state index is 13.5. The van der Waals surface area contributed by atoms with Crippen molar-refractivity contribution in [2.45, 2.75) is 51.5 Å². The zero-order chi connectivity index (χ0) is 23.7. The Bertz CT molecular complexity index is 1190. The maximum absolute atomic E-state index is 13.5. The Morgan fingerprint density at radius 2 is 1.74 bits per heavy atom. The van der Waals surface area contributed by atoms with Gasteiger partial charge in [0.1, 0.15) is 11.3 Å². The van der Waals surface area contributed by atoms with Crippen LogP contribution >= 0.6 is 0 Å². The minimum Gasteiger partial charge on any atom is -0.355 e. The van der Waals surface area contributed by atoms with E-state index in [4.69, 9.17) is 4.98 Å². The van der Waals surface area contributed by atoms with E-state index in [1.165, 1.54) is 12.8 Å². The van der Waals surface area contributed by atoms with Gasteiger partial charge in [-0.15, -0.1) is 0 Å². The fourth-order valence-corrected chi connectivity index (χ4v) is 5.12. The van der Waals surface area contributed by atoms with Crippen LogP contribution in [-0.4, -0.2) is 51.4 Å². The predicted molar refractivity (Wildman–Crippen MR) is 132 cm³/mol. The van der Waals surface area contributed by atoms with E-state index < -0.39 is 0 Å². The zero-order valence-corrected chi connectivity index (χ0v) is 19.9.